The summed E-state index contributed by atoms with van der Waals surface area (Å²) in [5.74, 6) is 0.128. The number of amides is 1. The van der Waals surface area contributed by atoms with Crippen molar-refractivity contribution in [1.82, 2.24) is 4.90 Å². The van der Waals surface area contributed by atoms with Gasteiger partial charge in [-0.1, -0.05) is 42.0 Å². The Bertz CT molecular complexity index is 705. The fourth-order valence-corrected chi connectivity index (χ4v) is 3.43. The van der Waals surface area contributed by atoms with Crippen molar-refractivity contribution in [3.8, 4) is 0 Å². The first-order valence-electron chi connectivity index (χ1n) is 8.00. The summed E-state index contributed by atoms with van der Waals surface area (Å²) in [5, 5.41) is 0. The van der Waals surface area contributed by atoms with Crippen LogP contribution >= 0.6 is 0 Å². The van der Waals surface area contributed by atoms with E-state index in [0.717, 1.165) is 36.0 Å². The molecule has 22 heavy (non-hydrogen) atoms. The highest BCUT2D eigenvalue weighted by Crippen LogP contribution is 2.34. The lowest BCUT2D eigenvalue weighted by Gasteiger charge is -2.33. The monoisotopic (exact) mass is 293 g/mol. The van der Waals surface area contributed by atoms with E-state index in [-0.39, 0.29) is 11.9 Å². The molecule has 0 aliphatic heterocycles. The summed E-state index contributed by atoms with van der Waals surface area (Å²) in [5.41, 5.74) is 5.71. The van der Waals surface area contributed by atoms with E-state index < -0.39 is 0 Å². The number of hydrogen-bond acceptors (Lipinski definition) is 1. The lowest BCUT2D eigenvalue weighted by Crippen LogP contribution is -2.33. The SMILES string of the molecule is Cc1ccc(C)c(C(=O)N(C)C2CCCc3ccccc32)c1. The summed E-state index contributed by atoms with van der Waals surface area (Å²) in [6.07, 6.45) is 3.31. The molecule has 0 radical (unpaired) electrons. The molecule has 2 aromatic carbocycles. The van der Waals surface area contributed by atoms with E-state index in [1.165, 1.54) is 11.1 Å². The molecule has 2 nitrogen and oxygen atoms in total. The van der Waals surface area contributed by atoms with Gasteiger partial charge in [-0.25, -0.2) is 0 Å². The van der Waals surface area contributed by atoms with Gasteiger partial charge in [-0.05, 0) is 55.9 Å². The molecule has 1 aliphatic rings. The normalized spacial score (nSPS) is 17.0. The Morgan fingerprint density at radius 2 is 1.91 bits per heavy atom. The third-order valence-electron chi connectivity index (χ3n) is 4.75. The molecule has 2 aromatic rings. The van der Waals surface area contributed by atoms with Crippen LogP contribution in [0.2, 0.25) is 0 Å². The second-order valence-electron chi connectivity index (χ2n) is 6.34. The van der Waals surface area contributed by atoms with Crippen LogP contribution in [0.15, 0.2) is 42.5 Å². The van der Waals surface area contributed by atoms with Crippen molar-refractivity contribution in [2.75, 3.05) is 7.05 Å². The largest absolute Gasteiger partial charge is 0.335 e. The fraction of sp³-hybridized carbons (Fsp3) is 0.350. The average Bonchev–Trinajstić information content (AvgIpc) is 2.55. The second kappa shape index (κ2) is 5.96. The molecule has 1 unspecified atom stereocenters. The maximum Gasteiger partial charge on any atom is 0.254 e. The van der Waals surface area contributed by atoms with E-state index in [9.17, 15) is 4.79 Å². The summed E-state index contributed by atoms with van der Waals surface area (Å²) < 4.78 is 0. The van der Waals surface area contributed by atoms with Gasteiger partial charge >= 0.3 is 0 Å². The molecule has 0 bridgehead atoms. The molecule has 3 rings (SSSR count). The van der Waals surface area contributed by atoms with E-state index in [1.54, 1.807) is 0 Å². The van der Waals surface area contributed by atoms with Gasteiger partial charge in [0, 0.05) is 12.6 Å². The van der Waals surface area contributed by atoms with Crippen molar-refractivity contribution >= 4 is 5.91 Å². The Balaban J connectivity index is 1.93. The molecule has 0 heterocycles. The first-order valence-corrected chi connectivity index (χ1v) is 8.00. The first kappa shape index (κ1) is 14.8. The summed E-state index contributed by atoms with van der Waals surface area (Å²) in [4.78, 5) is 14.9. The molecular formula is C20H23NO. The van der Waals surface area contributed by atoms with E-state index in [0.29, 0.717) is 0 Å². The van der Waals surface area contributed by atoms with Gasteiger partial charge in [0.15, 0.2) is 0 Å². The van der Waals surface area contributed by atoms with Crippen molar-refractivity contribution in [3.05, 3.63) is 70.3 Å². The molecule has 0 fully saturated rings. The number of benzene rings is 2. The number of carbonyl (C=O) groups is 1. The third-order valence-corrected chi connectivity index (χ3v) is 4.75. The van der Waals surface area contributed by atoms with E-state index >= 15 is 0 Å². The van der Waals surface area contributed by atoms with Crippen LogP contribution < -0.4 is 0 Å². The lowest BCUT2D eigenvalue weighted by atomic mass is 9.86. The second-order valence-corrected chi connectivity index (χ2v) is 6.34. The molecule has 1 atom stereocenters. The summed E-state index contributed by atoms with van der Waals surface area (Å²) in [6.45, 7) is 4.04. The van der Waals surface area contributed by atoms with Crippen LogP contribution in [0.5, 0.6) is 0 Å². The van der Waals surface area contributed by atoms with Crippen molar-refractivity contribution in [3.63, 3.8) is 0 Å². The minimum atomic E-state index is 0.128. The van der Waals surface area contributed by atoms with Gasteiger partial charge in [-0.15, -0.1) is 0 Å². The molecule has 1 amide bonds. The molecular weight excluding hydrogens is 270 g/mol. The molecule has 0 spiro atoms. The molecule has 0 aromatic heterocycles. The smallest absolute Gasteiger partial charge is 0.254 e. The van der Waals surface area contributed by atoms with E-state index in [4.69, 9.17) is 0 Å². The predicted molar refractivity (Wildman–Crippen MR) is 90.1 cm³/mol. The molecule has 0 saturated carbocycles. The minimum absolute atomic E-state index is 0.128. The number of aryl methyl sites for hydroxylation is 3. The predicted octanol–water partition coefficient (Wildman–Crippen LogP) is 4.45. The number of hydrogen-bond donors (Lipinski definition) is 0. The van der Waals surface area contributed by atoms with Gasteiger partial charge < -0.3 is 4.90 Å². The standard InChI is InChI=1S/C20H23NO/c1-14-11-12-15(2)18(13-14)20(22)21(3)19-10-6-8-16-7-4-5-9-17(16)19/h4-5,7,9,11-13,19H,6,8,10H2,1-3H3. The number of rotatable bonds is 2. The molecule has 1 aliphatic carbocycles. The van der Waals surface area contributed by atoms with Gasteiger partial charge in [-0.3, -0.25) is 4.79 Å². The van der Waals surface area contributed by atoms with Crippen LogP contribution in [0.4, 0.5) is 0 Å². The van der Waals surface area contributed by atoms with Crippen molar-refractivity contribution in [1.29, 1.82) is 0 Å². The quantitative estimate of drug-likeness (QED) is 0.801. The number of nitrogens with zero attached hydrogens (tertiary/aromatic N) is 1. The van der Waals surface area contributed by atoms with Crippen LogP contribution in [0.3, 0.4) is 0 Å². The van der Waals surface area contributed by atoms with Crippen molar-refractivity contribution in [2.45, 2.75) is 39.2 Å². The lowest BCUT2D eigenvalue weighted by molar-refractivity contribution is 0.0714. The highest BCUT2D eigenvalue weighted by atomic mass is 16.2. The molecule has 114 valence electrons. The van der Waals surface area contributed by atoms with Crippen LogP contribution in [0.25, 0.3) is 0 Å². The maximum absolute atomic E-state index is 13.0. The van der Waals surface area contributed by atoms with Gasteiger partial charge in [0.2, 0.25) is 0 Å². The maximum atomic E-state index is 13.0. The summed E-state index contributed by atoms with van der Waals surface area (Å²) in [7, 11) is 1.94. The first-order chi connectivity index (χ1) is 10.6. The van der Waals surface area contributed by atoms with Crippen LogP contribution in [-0.4, -0.2) is 17.9 Å². The van der Waals surface area contributed by atoms with Crippen molar-refractivity contribution in [2.24, 2.45) is 0 Å². The zero-order valence-electron chi connectivity index (χ0n) is 13.6. The van der Waals surface area contributed by atoms with E-state index in [1.807, 2.05) is 37.9 Å². The number of fused-ring (bicyclic) bond motifs is 1. The Labute approximate surface area is 132 Å². The summed E-state index contributed by atoms with van der Waals surface area (Å²) >= 11 is 0. The van der Waals surface area contributed by atoms with E-state index in [2.05, 4.69) is 30.3 Å². The minimum Gasteiger partial charge on any atom is -0.335 e. The van der Waals surface area contributed by atoms with Crippen LogP contribution in [-0.2, 0) is 6.42 Å². The summed E-state index contributed by atoms with van der Waals surface area (Å²) in [6, 6.07) is 14.8. The van der Waals surface area contributed by atoms with Gasteiger partial charge in [-0.2, -0.15) is 0 Å². The van der Waals surface area contributed by atoms with Gasteiger partial charge in [0.25, 0.3) is 5.91 Å². The molecule has 2 heteroatoms. The fourth-order valence-electron chi connectivity index (χ4n) is 3.43. The topological polar surface area (TPSA) is 20.3 Å². The van der Waals surface area contributed by atoms with Gasteiger partial charge in [0.05, 0.1) is 6.04 Å². The van der Waals surface area contributed by atoms with Gasteiger partial charge in [0.1, 0.15) is 0 Å². The number of carbonyl (C=O) groups excluding carboxylic acids is 1. The average molecular weight is 293 g/mol. The Morgan fingerprint density at radius 3 is 2.73 bits per heavy atom. The Morgan fingerprint density at radius 1 is 1.14 bits per heavy atom. The molecule has 0 N–H and O–H groups in total. The third kappa shape index (κ3) is 2.66. The van der Waals surface area contributed by atoms with Crippen LogP contribution in [0.1, 0.15) is 51.5 Å². The zero-order chi connectivity index (χ0) is 15.7. The highest BCUT2D eigenvalue weighted by molar-refractivity contribution is 5.96. The zero-order valence-corrected chi connectivity index (χ0v) is 13.6. The van der Waals surface area contributed by atoms with Crippen LogP contribution in [0, 0.1) is 13.8 Å². The van der Waals surface area contributed by atoms with Crippen molar-refractivity contribution < 1.29 is 4.79 Å². The molecule has 0 saturated heterocycles. The Kier molecular flexibility index (Phi) is 4.02. The Hall–Kier alpha value is -2.09. The highest BCUT2D eigenvalue weighted by Gasteiger charge is 2.27.